The lowest BCUT2D eigenvalue weighted by molar-refractivity contribution is -0.117. The Morgan fingerprint density at radius 3 is 2.57 bits per heavy atom. The van der Waals surface area contributed by atoms with Crippen LogP contribution in [0.4, 0.5) is 0 Å². The fourth-order valence-electron chi connectivity index (χ4n) is 2.63. The summed E-state index contributed by atoms with van der Waals surface area (Å²) in [6.45, 7) is 0. The number of aromatic nitrogens is 1. The lowest BCUT2D eigenvalue weighted by atomic mass is 10.3. The highest BCUT2D eigenvalue weighted by Crippen LogP contribution is 2.23. The van der Waals surface area contributed by atoms with Gasteiger partial charge in [0, 0.05) is 18.4 Å². The van der Waals surface area contributed by atoms with Crippen molar-refractivity contribution in [2.24, 2.45) is 12.0 Å². The Kier molecular flexibility index (Phi) is 6.26. The van der Waals surface area contributed by atoms with Crippen molar-refractivity contribution in [2.45, 2.75) is 16.2 Å². The van der Waals surface area contributed by atoms with Crippen molar-refractivity contribution < 1.29 is 17.9 Å². The minimum absolute atomic E-state index is 0.165. The Labute approximate surface area is 171 Å². The molecule has 148 valence electrons. The van der Waals surface area contributed by atoms with E-state index in [1.54, 1.807) is 23.9 Å². The maximum Gasteiger partial charge on any atom is 0.249 e. The van der Waals surface area contributed by atoms with Gasteiger partial charge in [0.05, 0.1) is 28.0 Å². The van der Waals surface area contributed by atoms with Gasteiger partial charge in [0.1, 0.15) is 5.75 Å². The summed E-state index contributed by atoms with van der Waals surface area (Å²) in [6.07, 6.45) is 1.84. The molecule has 0 unspecified atom stereocenters. The summed E-state index contributed by atoms with van der Waals surface area (Å²) in [7, 11) is -0.200. The highest BCUT2D eigenvalue weighted by Gasteiger charge is 2.16. The highest BCUT2D eigenvalue weighted by molar-refractivity contribution is 7.98. The smallest absolute Gasteiger partial charge is 0.249 e. The maximum absolute atomic E-state index is 12.4. The van der Waals surface area contributed by atoms with E-state index < -0.39 is 15.7 Å². The van der Waals surface area contributed by atoms with Crippen molar-refractivity contribution in [2.75, 3.05) is 19.1 Å². The van der Waals surface area contributed by atoms with Gasteiger partial charge in [-0.05, 0) is 48.7 Å². The van der Waals surface area contributed by atoms with Crippen molar-refractivity contribution in [3.05, 3.63) is 47.3 Å². The van der Waals surface area contributed by atoms with Crippen molar-refractivity contribution in [3.63, 3.8) is 0 Å². The summed E-state index contributed by atoms with van der Waals surface area (Å²) < 4.78 is 32.8. The minimum atomic E-state index is -3.56. The number of fused-ring (bicyclic) bond motifs is 1. The Morgan fingerprint density at radius 1 is 1.21 bits per heavy atom. The average Bonchev–Trinajstić information content (AvgIpc) is 3.01. The molecule has 0 aliphatic rings. The van der Waals surface area contributed by atoms with Gasteiger partial charge in [0.2, 0.25) is 5.91 Å². The summed E-state index contributed by atoms with van der Waals surface area (Å²) in [5.74, 6) is -0.163. The second-order valence-electron chi connectivity index (χ2n) is 6.03. The summed E-state index contributed by atoms with van der Waals surface area (Å²) >= 11 is 3.06. The summed E-state index contributed by atoms with van der Waals surface area (Å²) in [5, 5.41) is 0. The van der Waals surface area contributed by atoms with Gasteiger partial charge >= 0.3 is 0 Å². The third-order valence-corrected chi connectivity index (χ3v) is 7.79. The molecule has 0 fully saturated rings. The van der Waals surface area contributed by atoms with Crippen molar-refractivity contribution >= 4 is 49.1 Å². The fourth-order valence-corrected chi connectivity index (χ4v) is 5.45. The molecule has 0 N–H and O–H groups in total. The van der Waals surface area contributed by atoms with Gasteiger partial charge in [-0.2, -0.15) is 4.99 Å². The zero-order valence-corrected chi connectivity index (χ0v) is 18.2. The van der Waals surface area contributed by atoms with E-state index in [4.69, 9.17) is 4.74 Å². The lowest BCUT2D eigenvalue weighted by Gasteiger charge is -2.04. The van der Waals surface area contributed by atoms with Crippen LogP contribution in [0.15, 0.2) is 57.2 Å². The third kappa shape index (κ3) is 4.48. The molecule has 28 heavy (non-hydrogen) atoms. The van der Waals surface area contributed by atoms with E-state index >= 15 is 0 Å². The van der Waals surface area contributed by atoms with Gasteiger partial charge in [0.25, 0.3) is 0 Å². The van der Waals surface area contributed by atoms with Gasteiger partial charge in [-0.3, -0.25) is 4.79 Å². The molecule has 0 radical (unpaired) electrons. The number of amides is 1. The molecule has 0 saturated heterocycles. The first kappa shape index (κ1) is 20.6. The number of carbonyl (C=O) groups excluding carboxylic acids is 1. The van der Waals surface area contributed by atoms with Gasteiger partial charge < -0.3 is 9.30 Å². The minimum Gasteiger partial charge on any atom is -0.497 e. The zero-order chi connectivity index (χ0) is 20.3. The Hall–Kier alpha value is -2.10. The Balaban J connectivity index is 1.77. The molecule has 0 aliphatic heterocycles. The molecular weight excluding hydrogens is 416 g/mol. The molecule has 2 aromatic carbocycles. The molecule has 1 aromatic heterocycles. The Bertz CT molecular complexity index is 1180. The number of hydrogen-bond donors (Lipinski definition) is 0. The largest absolute Gasteiger partial charge is 0.497 e. The van der Waals surface area contributed by atoms with Crippen LogP contribution in [0.1, 0.15) is 6.42 Å². The number of ether oxygens (including phenoxy) is 1. The molecule has 0 spiro atoms. The highest BCUT2D eigenvalue weighted by atomic mass is 32.2. The monoisotopic (exact) mass is 436 g/mol. The van der Waals surface area contributed by atoms with Gasteiger partial charge in [-0.1, -0.05) is 11.3 Å². The first-order chi connectivity index (χ1) is 13.3. The van der Waals surface area contributed by atoms with E-state index in [-0.39, 0.29) is 17.1 Å². The van der Waals surface area contributed by atoms with E-state index in [1.807, 2.05) is 30.0 Å². The number of nitrogens with zero attached hydrogens (tertiary/aromatic N) is 2. The predicted octanol–water partition coefficient (Wildman–Crippen LogP) is 3.26. The van der Waals surface area contributed by atoms with Crippen LogP contribution < -0.4 is 9.54 Å². The standard InChI is InChI=1S/C19H20N2O4S3/c1-21-16-9-6-14(26-3)12-17(16)27-19(21)20-18(22)10-11-28(23,24)15-7-4-13(25-2)5-8-15/h4-9,12H,10-11H2,1-3H3. The summed E-state index contributed by atoms with van der Waals surface area (Å²) in [4.78, 5) is 18.3. The van der Waals surface area contributed by atoms with Crippen LogP contribution in [0, 0.1) is 0 Å². The second kappa shape index (κ2) is 8.50. The van der Waals surface area contributed by atoms with E-state index in [0.717, 1.165) is 15.1 Å². The van der Waals surface area contributed by atoms with Gasteiger partial charge in [-0.25, -0.2) is 8.42 Å². The first-order valence-electron chi connectivity index (χ1n) is 8.42. The van der Waals surface area contributed by atoms with Crippen LogP contribution in [0.3, 0.4) is 0 Å². The molecular formula is C19H20N2O4S3. The number of carbonyl (C=O) groups is 1. The number of rotatable bonds is 6. The van der Waals surface area contributed by atoms with Crippen LogP contribution >= 0.6 is 23.1 Å². The zero-order valence-electron chi connectivity index (χ0n) is 15.7. The maximum atomic E-state index is 12.4. The number of thioether (sulfide) groups is 1. The van der Waals surface area contributed by atoms with Crippen LogP contribution in [0.5, 0.6) is 5.75 Å². The fraction of sp³-hybridized carbons (Fsp3) is 0.263. The number of sulfone groups is 1. The van der Waals surface area contributed by atoms with Crippen molar-refractivity contribution in [1.82, 2.24) is 4.57 Å². The van der Waals surface area contributed by atoms with Gasteiger partial charge in [-0.15, -0.1) is 11.8 Å². The Morgan fingerprint density at radius 2 is 1.93 bits per heavy atom. The normalized spacial score (nSPS) is 12.5. The van der Waals surface area contributed by atoms with Crippen molar-refractivity contribution in [3.8, 4) is 5.75 Å². The number of benzene rings is 2. The second-order valence-corrected chi connectivity index (χ2v) is 10.0. The molecule has 1 heterocycles. The van der Waals surface area contributed by atoms with Crippen molar-refractivity contribution in [1.29, 1.82) is 0 Å². The van der Waals surface area contributed by atoms with Crippen LogP contribution in [-0.4, -0.2) is 38.0 Å². The molecule has 3 rings (SSSR count). The van der Waals surface area contributed by atoms with E-state index in [2.05, 4.69) is 11.1 Å². The molecule has 0 atom stereocenters. The average molecular weight is 437 g/mol. The molecule has 0 aliphatic carbocycles. The number of hydrogen-bond acceptors (Lipinski definition) is 6. The molecule has 9 heteroatoms. The van der Waals surface area contributed by atoms with E-state index in [9.17, 15) is 13.2 Å². The lowest BCUT2D eigenvalue weighted by Crippen LogP contribution is -2.15. The summed E-state index contributed by atoms with van der Waals surface area (Å²) in [6, 6.07) is 12.2. The van der Waals surface area contributed by atoms with E-state index in [1.165, 1.54) is 30.6 Å². The molecule has 3 aromatic rings. The third-order valence-electron chi connectivity index (χ3n) is 4.24. The molecule has 1 amide bonds. The SMILES string of the molecule is COc1ccc(S(=O)(=O)CCC(=O)N=c2sc3cc(SC)ccc3n2C)cc1. The van der Waals surface area contributed by atoms with Crippen LogP contribution in [0.2, 0.25) is 0 Å². The number of thiazole rings is 1. The van der Waals surface area contributed by atoms with Gasteiger partial charge in [0.15, 0.2) is 14.6 Å². The predicted molar refractivity (Wildman–Crippen MR) is 113 cm³/mol. The quantitative estimate of drug-likeness (QED) is 0.554. The number of aryl methyl sites for hydroxylation is 1. The molecule has 0 bridgehead atoms. The topological polar surface area (TPSA) is 77.7 Å². The van der Waals surface area contributed by atoms with Crippen LogP contribution in [-0.2, 0) is 21.7 Å². The molecule has 0 saturated carbocycles. The van der Waals surface area contributed by atoms with Crippen LogP contribution in [0.25, 0.3) is 10.2 Å². The molecule has 6 nitrogen and oxygen atoms in total. The summed E-state index contributed by atoms with van der Waals surface area (Å²) in [5.41, 5.74) is 0.986. The first-order valence-corrected chi connectivity index (χ1v) is 12.1. The number of methoxy groups -OCH3 is 1. The van der Waals surface area contributed by atoms with E-state index in [0.29, 0.717) is 10.6 Å².